The summed E-state index contributed by atoms with van der Waals surface area (Å²) in [6.07, 6.45) is 2.29. The van der Waals surface area contributed by atoms with E-state index in [-0.39, 0.29) is 33.9 Å². The van der Waals surface area contributed by atoms with Crippen LogP contribution in [-0.4, -0.2) is 6.85 Å². The van der Waals surface area contributed by atoms with Crippen molar-refractivity contribution in [2.45, 2.75) is 133 Å². The van der Waals surface area contributed by atoms with Crippen molar-refractivity contribution in [1.29, 1.82) is 0 Å². The zero-order valence-electron chi connectivity index (χ0n) is 50.9. The molecule has 0 amide bonds. The number of benzene rings is 10. The summed E-state index contributed by atoms with van der Waals surface area (Å²) < 4.78 is 0. The number of rotatable bonds is 6. The van der Waals surface area contributed by atoms with Crippen molar-refractivity contribution < 1.29 is 0 Å². The molecular weight excluding hydrogens is 1030 g/mol. The lowest BCUT2D eigenvalue weighted by atomic mass is 9.43. The van der Waals surface area contributed by atoms with Crippen LogP contribution in [0.2, 0.25) is 0 Å². The molecule has 0 N–H and O–H groups in total. The Balaban J connectivity index is 1.14. The zero-order valence-corrected chi connectivity index (χ0v) is 51.7. The summed E-state index contributed by atoms with van der Waals surface area (Å²) >= 11 is 1.95. The van der Waals surface area contributed by atoms with Crippen LogP contribution in [0, 0.1) is 6.92 Å². The van der Waals surface area contributed by atoms with Crippen molar-refractivity contribution in [1.82, 2.24) is 0 Å². The first-order valence-corrected chi connectivity index (χ1v) is 31.3. The van der Waals surface area contributed by atoms with Gasteiger partial charge >= 0.3 is 6.85 Å². The predicted octanol–water partition coefficient (Wildman–Crippen LogP) is 20.6. The van der Waals surface area contributed by atoms with Gasteiger partial charge in [-0.05, 0) is 186 Å². The van der Waals surface area contributed by atoms with Crippen molar-refractivity contribution in [3.63, 3.8) is 0 Å². The van der Waals surface area contributed by atoms with Crippen molar-refractivity contribution in [2.24, 2.45) is 0 Å². The second-order valence-electron chi connectivity index (χ2n) is 28.0. The van der Waals surface area contributed by atoms with E-state index in [1.165, 1.54) is 127 Å². The third kappa shape index (κ3) is 7.79. The largest absolute Gasteiger partial charge is 0.376 e. The molecule has 3 aliphatic heterocycles. The van der Waals surface area contributed by atoms with Gasteiger partial charge in [0.25, 0.3) is 0 Å². The van der Waals surface area contributed by atoms with Crippen LogP contribution < -0.4 is 25.5 Å². The number of fused-ring (bicyclic) bond motifs is 11. The molecule has 0 fully saturated rings. The van der Waals surface area contributed by atoms with Crippen LogP contribution in [0.3, 0.4) is 0 Å². The van der Waals surface area contributed by atoms with Crippen molar-refractivity contribution in [2.75, 3.05) is 14.6 Å². The summed E-state index contributed by atoms with van der Waals surface area (Å²) in [5, 5.41) is 0. The standard InChI is InChI=1S/C79H74BN3S/c1-49-42-62-63(77(7,8)41-40-76(62,5)6)46-67(49)82-68-47-64-71(84-70-35-25-24-34-61(70)78(64,9)10)48-65(68)80-73-59(44-54(45-69(73)82)81(52-28-18-14-19-29-52)53-30-20-15-21-31-53)57-38-37-56-55-32-22-23-33-60(55)79(11,12)72(56)74(57)83(80)66-39-36-51(75(2,3)4)43-58(66)50-26-16-13-17-27-50/h13-39,42-48H,40-41H2,1-12H3. The van der Waals surface area contributed by atoms with E-state index in [1.807, 2.05) is 11.8 Å². The third-order valence-corrected chi connectivity index (χ3v) is 21.3. The second kappa shape index (κ2) is 18.5. The van der Waals surface area contributed by atoms with Gasteiger partial charge in [0, 0.05) is 77.2 Å². The molecule has 5 aliphatic rings. The molecule has 84 heavy (non-hydrogen) atoms. The fourth-order valence-electron chi connectivity index (χ4n) is 15.5. The van der Waals surface area contributed by atoms with E-state index in [2.05, 4.69) is 304 Å². The summed E-state index contributed by atoms with van der Waals surface area (Å²) in [6, 6.07) is 79.7. The SMILES string of the molecule is Cc1cc2c(cc1N1c3cc4c(cc3B3c5c(cc(N(c6ccccc6)c6ccccc6)cc51)-c1ccc5c(c1N3c1ccc(C(C)(C)C)cc1-c1ccccc1)C(C)(C)c1ccccc1-5)Sc1ccccc1C4(C)C)C(C)(C)CCC2(C)C. The number of hydrogen-bond acceptors (Lipinski definition) is 4. The Bertz CT molecular complexity index is 4320. The quantitative estimate of drug-likeness (QED) is 0.153. The Labute approximate surface area is 503 Å². The van der Waals surface area contributed by atoms with Crippen molar-refractivity contribution in [3.8, 4) is 33.4 Å². The molecule has 0 atom stereocenters. The average molecular weight is 1110 g/mol. The molecule has 10 aromatic rings. The molecule has 0 unspecified atom stereocenters. The highest BCUT2D eigenvalue weighted by Crippen LogP contribution is 2.61. The second-order valence-corrected chi connectivity index (χ2v) is 29.1. The summed E-state index contributed by atoms with van der Waals surface area (Å²) in [4.78, 5) is 10.7. The van der Waals surface area contributed by atoms with Crippen LogP contribution in [0.1, 0.15) is 134 Å². The maximum Gasteiger partial charge on any atom is 0.333 e. The average Bonchev–Trinajstić information content (AvgIpc) is 1.08. The van der Waals surface area contributed by atoms with Gasteiger partial charge in [0.1, 0.15) is 0 Å². The van der Waals surface area contributed by atoms with E-state index >= 15 is 0 Å². The summed E-state index contributed by atoms with van der Waals surface area (Å²) in [6.45, 7) is 29.0. The van der Waals surface area contributed by atoms with E-state index in [0.717, 1.165) is 29.9 Å². The van der Waals surface area contributed by atoms with E-state index in [0.29, 0.717) is 0 Å². The number of anilines is 8. The van der Waals surface area contributed by atoms with E-state index in [9.17, 15) is 0 Å². The highest BCUT2D eigenvalue weighted by Gasteiger charge is 2.52. The van der Waals surface area contributed by atoms with Crippen LogP contribution in [0.4, 0.5) is 45.5 Å². The minimum Gasteiger partial charge on any atom is -0.376 e. The predicted molar refractivity (Wildman–Crippen MR) is 359 cm³/mol. The molecule has 15 rings (SSSR count). The maximum atomic E-state index is 2.86. The monoisotopic (exact) mass is 1110 g/mol. The smallest absolute Gasteiger partial charge is 0.333 e. The fourth-order valence-corrected chi connectivity index (χ4v) is 16.9. The number of hydrogen-bond donors (Lipinski definition) is 0. The molecule has 0 aromatic heterocycles. The lowest BCUT2D eigenvalue weighted by molar-refractivity contribution is 0.332. The number of para-hydroxylation sites is 2. The summed E-state index contributed by atoms with van der Waals surface area (Å²) in [5.41, 5.74) is 30.1. The number of aryl methyl sites for hydroxylation is 1. The summed E-state index contributed by atoms with van der Waals surface area (Å²) in [7, 11) is 0. The van der Waals surface area contributed by atoms with Gasteiger partial charge in [-0.1, -0.05) is 221 Å². The molecule has 0 saturated heterocycles. The van der Waals surface area contributed by atoms with Crippen LogP contribution in [0.25, 0.3) is 33.4 Å². The molecule has 414 valence electrons. The third-order valence-electron chi connectivity index (χ3n) is 20.2. The van der Waals surface area contributed by atoms with Gasteiger partial charge in [-0.15, -0.1) is 0 Å². The molecular formula is C79H74BN3S. The summed E-state index contributed by atoms with van der Waals surface area (Å²) in [5.74, 6) is 0. The van der Waals surface area contributed by atoms with Gasteiger partial charge in [0.15, 0.2) is 0 Å². The molecule has 3 nitrogen and oxygen atoms in total. The molecule has 0 spiro atoms. The zero-order chi connectivity index (χ0) is 58.0. The van der Waals surface area contributed by atoms with Crippen molar-refractivity contribution >= 4 is 75.0 Å². The maximum absolute atomic E-state index is 2.86. The Kier molecular flexibility index (Phi) is 11.6. The number of nitrogens with zero attached hydrogens (tertiary/aromatic N) is 3. The first kappa shape index (κ1) is 52.8. The molecule has 10 aromatic carbocycles. The Morgan fingerprint density at radius 3 is 1.71 bits per heavy atom. The van der Waals surface area contributed by atoms with E-state index in [4.69, 9.17) is 0 Å². The first-order chi connectivity index (χ1) is 40.2. The van der Waals surface area contributed by atoms with Crippen LogP contribution >= 0.6 is 11.8 Å². The lowest BCUT2D eigenvalue weighted by Gasteiger charge is -2.49. The Morgan fingerprint density at radius 2 is 1.04 bits per heavy atom. The Morgan fingerprint density at radius 1 is 0.440 bits per heavy atom. The van der Waals surface area contributed by atoms with Crippen LogP contribution in [-0.2, 0) is 27.1 Å². The fraction of sp³-hybridized carbons (Fsp3) is 0.241. The normalized spacial score (nSPS) is 16.7. The van der Waals surface area contributed by atoms with E-state index < -0.39 is 0 Å². The molecule has 5 heteroatoms. The topological polar surface area (TPSA) is 9.72 Å². The lowest BCUT2D eigenvalue weighted by Crippen LogP contribution is -2.62. The highest BCUT2D eigenvalue weighted by atomic mass is 32.2. The van der Waals surface area contributed by atoms with Crippen LogP contribution in [0.15, 0.2) is 216 Å². The van der Waals surface area contributed by atoms with Gasteiger partial charge in [-0.2, -0.15) is 0 Å². The molecule has 3 heterocycles. The Hall–Kier alpha value is -7.99. The van der Waals surface area contributed by atoms with Crippen molar-refractivity contribution in [3.05, 3.63) is 251 Å². The van der Waals surface area contributed by atoms with Gasteiger partial charge in [-0.3, -0.25) is 0 Å². The molecule has 0 radical (unpaired) electrons. The molecule has 2 aliphatic carbocycles. The van der Waals surface area contributed by atoms with Gasteiger partial charge in [0.05, 0.1) is 0 Å². The first-order valence-electron chi connectivity index (χ1n) is 30.5. The van der Waals surface area contributed by atoms with Crippen LogP contribution in [0.5, 0.6) is 0 Å². The minimum absolute atomic E-state index is 0.0150. The van der Waals surface area contributed by atoms with Gasteiger partial charge in [-0.25, -0.2) is 0 Å². The minimum atomic E-state index is -0.338. The highest BCUT2D eigenvalue weighted by molar-refractivity contribution is 7.99. The molecule has 0 saturated carbocycles. The van der Waals surface area contributed by atoms with Gasteiger partial charge in [0.2, 0.25) is 0 Å². The molecule has 0 bridgehead atoms. The van der Waals surface area contributed by atoms with E-state index in [1.54, 1.807) is 0 Å². The van der Waals surface area contributed by atoms with Gasteiger partial charge < -0.3 is 14.6 Å².